The molecule has 2 heterocycles. The normalized spacial score (nSPS) is 11.7. The smallest absolute Gasteiger partial charge is 0.159 e. The van der Waals surface area contributed by atoms with Crippen LogP contribution in [0.1, 0.15) is 5.56 Å². The molecular formula is C53H35NO2. The third-order valence-electron chi connectivity index (χ3n) is 11.2. The van der Waals surface area contributed by atoms with Gasteiger partial charge in [-0.3, -0.25) is 0 Å². The summed E-state index contributed by atoms with van der Waals surface area (Å²) in [5.41, 5.74) is 14.7. The Morgan fingerprint density at radius 1 is 0.339 bits per heavy atom. The molecule has 0 aliphatic rings. The summed E-state index contributed by atoms with van der Waals surface area (Å²) in [5.74, 6) is 0. The largest absolute Gasteiger partial charge is 0.455 e. The van der Waals surface area contributed by atoms with Crippen LogP contribution in [-0.4, -0.2) is 0 Å². The van der Waals surface area contributed by atoms with E-state index in [0.717, 1.165) is 94.0 Å². The summed E-state index contributed by atoms with van der Waals surface area (Å²) < 4.78 is 13.4. The summed E-state index contributed by atoms with van der Waals surface area (Å²) in [7, 11) is 0. The van der Waals surface area contributed by atoms with Crippen LogP contribution < -0.4 is 4.90 Å². The van der Waals surface area contributed by atoms with Crippen LogP contribution in [0.5, 0.6) is 0 Å². The van der Waals surface area contributed by atoms with Crippen molar-refractivity contribution >= 4 is 71.7 Å². The summed E-state index contributed by atoms with van der Waals surface area (Å²) in [5, 5.41) is 6.74. The van der Waals surface area contributed by atoms with E-state index in [1.54, 1.807) is 0 Å². The lowest BCUT2D eigenvalue weighted by molar-refractivity contribution is 0.670. The van der Waals surface area contributed by atoms with Crippen molar-refractivity contribution in [3.05, 3.63) is 200 Å². The van der Waals surface area contributed by atoms with Crippen LogP contribution in [0, 0.1) is 6.92 Å². The van der Waals surface area contributed by atoms with Gasteiger partial charge < -0.3 is 13.7 Å². The Morgan fingerprint density at radius 2 is 0.875 bits per heavy atom. The van der Waals surface area contributed by atoms with Gasteiger partial charge in [-0.05, 0) is 82.1 Å². The van der Waals surface area contributed by atoms with Crippen LogP contribution in [0.2, 0.25) is 0 Å². The predicted molar refractivity (Wildman–Crippen MR) is 234 cm³/mol. The molecule has 0 spiro atoms. The molecule has 0 bridgehead atoms. The Morgan fingerprint density at radius 3 is 1.61 bits per heavy atom. The molecule has 0 N–H and O–H groups in total. The lowest BCUT2D eigenvalue weighted by atomic mass is 9.99. The molecular weight excluding hydrogens is 683 g/mol. The van der Waals surface area contributed by atoms with Crippen LogP contribution >= 0.6 is 0 Å². The Kier molecular flexibility index (Phi) is 7.39. The first-order valence-corrected chi connectivity index (χ1v) is 19.1. The van der Waals surface area contributed by atoms with Gasteiger partial charge in [-0.2, -0.15) is 0 Å². The van der Waals surface area contributed by atoms with E-state index in [1.807, 2.05) is 12.1 Å². The van der Waals surface area contributed by atoms with Gasteiger partial charge in [0.1, 0.15) is 16.7 Å². The molecule has 9 aromatic carbocycles. The number of hydrogen-bond acceptors (Lipinski definition) is 3. The molecule has 0 radical (unpaired) electrons. The third-order valence-corrected chi connectivity index (χ3v) is 11.2. The average molecular weight is 718 g/mol. The van der Waals surface area contributed by atoms with Gasteiger partial charge in [-0.1, -0.05) is 158 Å². The van der Waals surface area contributed by atoms with Crippen LogP contribution in [0.4, 0.5) is 17.1 Å². The van der Waals surface area contributed by atoms with Gasteiger partial charge >= 0.3 is 0 Å². The van der Waals surface area contributed by atoms with E-state index in [9.17, 15) is 0 Å². The van der Waals surface area contributed by atoms with E-state index in [4.69, 9.17) is 8.83 Å². The third kappa shape index (κ3) is 5.20. The fourth-order valence-corrected chi connectivity index (χ4v) is 8.39. The number of benzene rings is 9. The number of furan rings is 2. The zero-order chi connectivity index (χ0) is 37.2. The van der Waals surface area contributed by atoms with Crippen molar-refractivity contribution < 1.29 is 8.83 Å². The average Bonchev–Trinajstić information content (AvgIpc) is 3.84. The van der Waals surface area contributed by atoms with E-state index < -0.39 is 0 Å². The summed E-state index contributed by atoms with van der Waals surface area (Å²) in [4.78, 5) is 2.34. The summed E-state index contributed by atoms with van der Waals surface area (Å²) in [6.45, 7) is 2.17. The topological polar surface area (TPSA) is 29.5 Å². The van der Waals surface area contributed by atoms with Crippen molar-refractivity contribution in [3.8, 4) is 33.4 Å². The van der Waals surface area contributed by atoms with E-state index in [2.05, 4.69) is 194 Å². The van der Waals surface area contributed by atoms with Crippen molar-refractivity contribution in [2.45, 2.75) is 6.92 Å². The van der Waals surface area contributed by atoms with Crippen LogP contribution in [-0.2, 0) is 0 Å². The second-order valence-electron chi connectivity index (χ2n) is 14.5. The maximum atomic E-state index is 6.96. The first-order chi connectivity index (χ1) is 27.7. The molecule has 2 aromatic heterocycles. The van der Waals surface area contributed by atoms with Gasteiger partial charge in [0.15, 0.2) is 5.58 Å². The molecule has 3 heteroatoms. The lowest BCUT2D eigenvalue weighted by Gasteiger charge is -2.27. The van der Waals surface area contributed by atoms with Crippen LogP contribution in [0.15, 0.2) is 203 Å². The number of rotatable bonds is 6. The highest BCUT2D eigenvalue weighted by molar-refractivity contribution is 6.18. The SMILES string of the molecule is Cc1ccc2c(oc3c4ccccc4ccc23)c1N(c1ccc(-c2ccc(-c3ccccc3)cc2)cc1)c1ccc(-c2cccc3c2oc2ccccc23)cc1. The zero-order valence-corrected chi connectivity index (χ0v) is 30.7. The Balaban J connectivity index is 1.06. The van der Waals surface area contributed by atoms with Crippen molar-refractivity contribution in [2.24, 2.45) is 0 Å². The second kappa shape index (κ2) is 12.9. The molecule has 0 amide bonds. The van der Waals surface area contributed by atoms with E-state index in [-0.39, 0.29) is 0 Å². The van der Waals surface area contributed by atoms with Crippen molar-refractivity contribution in [2.75, 3.05) is 4.90 Å². The Labute approximate surface area is 324 Å². The minimum Gasteiger partial charge on any atom is -0.455 e. The molecule has 264 valence electrons. The molecule has 0 saturated carbocycles. The van der Waals surface area contributed by atoms with Gasteiger partial charge in [-0.15, -0.1) is 0 Å². The number of nitrogens with zero attached hydrogens (tertiary/aromatic N) is 1. The van der Waals surface area contributed by atoms with Crippen LogP contribution in [0.25, 0.3) is 88.0 Å². The Hall–Kier alpha value is -7.36. The molecule has 0 atom stereocenters. The predicted octanol–water partition coefficient (Wildman–Crippen LogP) is 15.4. The Bertz CT molecular complexity index is 3230. The van der Waals surface area contributed by atoms with Crippen LogP contribution in [0.3, 0.4) is 0 Å². The van der Waals surface area contributed by atoms with E-state index in [1.165, 1.54) is 16.7 Å². The monoisotopic (exact) mass is 717 g/mol. The fraction of sp³-hybridized carbons (Fsp3) is 0.0189. The minimum absolute atomic E-state index is 0.869. The fourth-order valence-electron chi connectivity index (χ4n) is 8.39. The maximum Gasteiger partial charge on any atom is 0.159 e. The first-order valence-electron chi connectivity index (χ1n) is 19.1. The number of hydrogen-bond donors (Lipinski definition) is 0. The highest BCUT2D eigenvalue weighted by Gasteiger charge is 2.23. The van der Waals surface area contributed by atoms with Crippen molar-refractivity contribution in [1.82, 2.24) is 0 Å². The van der Waals surface area contributed by atoms with Gasteiger partial charge in [0.05, 0.1) is 5.69 Å². The van der Waals surface area contributed by atoms with Crippen molar-refractivity contribution in [1.29, 1.82) is 0 Å². The molecule has 0 fully saturated rings. The standard InChI is InChI=1S/C53H35NO2/c1-34-18-32-48-47-33-27-39-12-5-6-13-43(39)52(47)56-53(48)50(34)54(41-28-23-38(24-29-41)37-21-19-36(20-22-37)35-10-3-2-4-11-35)42-30-25-40(26-31-42)44-15-9-16-46-45-14-7-8-17-49(45)55-51(44)46/h2-33H,1H3. The zero-order valence-electron chi connectivity index (χ0n) is 30.7. The molecule has 0 saturated heterocycles. The summed E-state index contributed by atoms with van der Waals surface area (Å²) >= 11 is 0. The first kappa shape index (κ1) is 32.1. The molecule has 0 aliphatic heterocycles. The van der Waals surface area contributed by atoms with Gasteiger partial charge in [0.25, 0.3) is 0 Å². The maximum absolute atomic E-state index is 6.96. The number of aryl methyl sites for hydroxylation is 1. The quantitative estimate of drug-likeness (QED) is 0.171. The van der Waals surface area contributed by atoms with Gasteiger partial charge in [0.2, 0.25) is 0 Å². The van der Waals surface area contributed by atoms with E-state index >= 15 is 0 Å². The van der Waals surface area contributed by atoms with Gasteiger partial charge in [0, 0.05) is 43.9 Å². The molecule has 56 heavy (non-hydrogen) atoms. The molecule has 11 aromatic rings. The lowest BCUT2D eigenvalue weighted by Crippen LogP contribution is -2.11. The molecule has 0 unspecified atom stereocenters. The molecule has 0 aliphatic carbocycles. The number of anilines is 3. The summed E-state index contributed by atoms with van der Waals surface area (Å²) in [6, 6.07) is 69.0. The highest BCUT2D eigenvalue weighted by Crippen LogP contribution is 2.46. The van der Waals surface area contributed by atoms with Crippen molar-refractivity contribution in [3.63, 3.8) is 0 Å². The number of para-hydroxylation sites is 2. The van der Waals surface area contributed by atoms with E-state index in [0.29, 0.717) is 0 Å². The molecule has 11 rings (SSSR count). The second-order valence-corrected chi connectivity index (χ2v) is 14.5. The highest BCUT2D eigenvalue weighted by atomic mass is 16.3. The van der Waals surface area contributed by atoms with Gasteiger partial charge in [-0.25, -0.2) is 0 Å². The number of fused-ring (bicyclic) bond motifs is 8. The minimum atomic E-state index is 0.869. The summed E-state index contributed by atoms with van der Waals surface area (Å²) in [6.07, 6.45) is 0. The molecule has 3 nitrogen and oxygen atoms in total.